The minimum atomic E-state index is -0.809. The minimum Gasteiger partial charge on any atom is -0.493 e. The van der Waals surface area contributed by atoms with Gasteiger partial charge in [-0.25, -0.2) is 0 Å². The number of carboxylic acids is 1. The molecule has 1 atom stereocenters. The zero-order valence-corrected chi connectivity index (χ0v) is 9.91. The molecule has 0 saturated heterocycles. The summed E-state index contributed by atoms with van der Waals surface area (Å²) in [7, 11) is 0. The molecule has 0 amide bonds. The summed E-state index contributed by atoms with van der Waals surface area (Å²) in [5.41, 5.74) is 0. The van der Waals surface area contributed by atoms with Crippen LogP contribution in [0.3, 0.4) is 0 Å². The topological polar surface area (TPSA) is 46.5 Å². The third-order valence-corrected chi connectivity index (χ3v) is 2.50. The van der Waals surface area contributed by atoms with Crippen LogP contribution in [0.25, 0.3) is 0 Å². The molecule has 0 aliphatic heterocycles. The van der Waals surface area contributed by atoms with Crippen LogP contribution in [0.2, 0.25) is 5.02 Å². The Labute approximate surface area is 100.0 Å². The Kier molecular flexibility index (Phi) is 5.12. The van der Waals surface area contributed by atoms with E-state index < -0.39 is 11.9 Å². The Hall–Kier alpha value is -1.22. The van der Waals surface area contributed by atoms with Crippen molar-refractivity contribution in [2.45, 2.75) is 19.8 Å². The molecule has 0 saturated carbocycles. The highest BCUT2D eigenvalue weighted by Gasteiger charge is 2.16. The standard InChI is InChI=1S/C12H15ClO3/c1-2-3-9(12(14)15)8-16-11-6-4-10(13)5-7-11/h4-7,9H,2-3,8H2,1H3,(H,14,15). The summed E-state index contributed by atoms with van der Waals surface area (Å²) in [5.74, 6) is -0.608. The predicted octanol–water partition coefficient (Wildman–Crippen LogP) is 3.22. The molecule has 1 rings (SSSR count). The van der Waals surface area contributed by atoms with Crippen molar-refractivity contribution < 1.29 is 14.6 Å². The zero-order chi connectivity index (χ0) is 12.0. The fourth-order valence-electron chi connectivity index (χ4n) is 1.35. The zero-order valence-electron chi connectivity index (χ0n) is 9.15. The quantitative estimate of drug-likeness (QED) is 0.833. The van der Waals surface area contributed by atoms with E-state index >= 15 is 0 Å². The Morgan fingerprint density at radius 2 is 2.06 bits per heavy atom. The third-order valence-electron chi connectivity index (χ3n) is 2.25. The van der Waals surface area contributed by atoms with Crippen molar-refractivity contribution in [3.8, 4) is 5.75 Å². The molecular formula is C12H15ClO3. The number of aliphatic carboxylic acids is 1. The van der Waals surface area contributed by atoms with Crippen molar-refractivity contribution in [3.05, 3.63) is 29.3 Å². The van der Waals surface area contributed by atoms with Gasteiger partial charge in [0.25, 0.3) is 0 Å². The first-order valence-electron chi connectivity index (χ1n) is 5.24. The number of rotatable bonds is 6. The molecule has 0 radical (unpaired) electrons. The van der Waals surface area contributed by atoms with Gasteiger partial charge < -0.3 is 9.84 Å². The summed E-state index contributed by atoms with van der Waals surface area (Å²) in [5, 5.41) is 9.56. The van der Waals surface area contributed by atoms with Gasteiger partial charge in [0.05, 0.1) is 5.92 Å². The van der Waals surface area contributed by atoms with Gasteiger partial charge in [-0.3, -0.25) is 4.79 Å². The first-order chi connectivity index (χ1) is 7.63. The lowest BCUT2D eigenvalue weighted by Gasteiger charge is -2.12. The molecule has 0 aromatic heterocycles. The molecule has 0 spiro atoms. The van der Waals surface area contributed by atoms with E-state index in [0.29, 0.717) is 17.2 Å². The van der Waals surface area contributed by atoms with Gasteiger partial charge >= 0.3 is 5.97 Å². The van der Waals surface area contributed by atoms with Crippen LogP contribution in [0.15, 0.2) is 24.3 Å². The molecule has 1 aromatic carbocycles. The van der Waals surface area contributed by atoms with E-state index in [-0.39, 0.29) is 6.61 Å². The molecule has 1 N–H and O–H groups in total. The molecule has 0 heterocycles. The summed E-state index contributed by atoms with van der Waals surface area (Å²) >= 11 is 5.72. The van der Waals surface area contributed by atoms with E-state index in [0.717, 1.165) is 6.42 Å². The van der Waals surface area contributed by atoms with Gasteiger partial charge in [-0.2, -0.15) is 0 Å². The molecule has 0 bridgehead atoms. The van der Waals surface area contributed by atoms with Crippen molar-refractivity contribution >= 4 is 17.6 Å². The van der Waals surface area contributed by atoms with E-state index in [1.807, 2.05) is 6.92 Å². The summed E-state index contributed by atoms with van der Waals surface area (Å²) in [6.07, 6.45) is 1.46. The smallest absolute Gasteiger partial charge is 0.309 e. The average molecular weight is 243 g/mol. The van der Waals surface area contributed by atoms with Crippen LogP contribution >= 0.6 is 11.6 Å². The third kappa shape index (κ3) is 4.11. The van der Waals surface area contributed by atoms with Gasteiger partial charge in [0, 0.05) is 5.02 Å². The van der Waals surface area contributed by atoms with Crippen molar-refractivity contribution in [2.75, 3.05) is 6.61 Å². The van der Waals surface area contributed by atoms with Crippen LogP contribution in [-0.2, 0) is 4.79 Å². The SMILES string of the molecule is CCCC(COc1ccc(Cl)cc1)C(=O)O. The van der Waals surface area contributed by atoms with Crippen LogP contribution in [0.4, 0.5) is 0 Å². The highest BCUT2D eigenvalue weighted by Crippen LogP contribution is 2.17. The Morgan fingerprint density at radius 1 is 1.44 bits per heavy atom. The van der Waals surface area contributed by atoms with Gasteiger partial charge in [0.15, 0.2) is 0 Å². The highest BCUT2D eigenvalue weighted by atomic mass is 35.5. The van der Waals surface area contributed by atoms with Crippen LogP contribution in [-0.4, -0.2) is 17.7 Å². The summed E-state index contributed by atoms with van der Waals surface area (Å²) in [4.78, 5) is 10.9. The van der Waals surface area contributed by atoms with Gasteiger partial charge in [0.2, 0.25) is 0 Å². The molecule has 16 heavy (non-hydrogen) atoms. The van der Waals surface area contributed by atoms with Crippen LogP contribution < -0.4 is 4.74 Å². The monoisotopic (exact) mass is 242 g/mol. The molecule has 1 aromatic rings. The van der Waals surface area contributed by atoms with Gasteiger partial charge in [-0.15, -0.1) is 0 Å². The number of hydrogen-bond acceptors (Lipinski definition) is 2. The molecule has 0 fully saturated rings. The molecular weight excluding hydrogens is 228 g/mol. The van der Waals surface area contributed by atoms with E-state index in [4.69, 9.17) is 21.4 Å². The Bertz CT molecular complexity index is 335. The van der Waals surface area contributed by atoms with Crippen molar-refractivity contribution in [2.24, 2.45) is 5.92 Å². The summed E-state index contributed by atoms with van der Waals surface area (Å²) < 4.78 is 5.40. The largest absolute Gasteiger partial charge is 0.493 e. The van der Waals surface area contributed by atoms with Crippen LogP contribution in [0.5, 0.6) is 5.75 Å². The maximum Gasteiger partial charge on any atom is 0.309 e. The molecule has 4 heteroatoms. The van der Waals surface area contributed by atoms with E-state index in [1.165, 1.54) is 0 Å². The van der Waals surface area contributed by atoms with Gasteiger partial charge in [0.1, 0.15) is 12.4 Å². The predicted molar refractivity (Wildman–Crippen MR) is 63.0 cm³/mol. The van der Waals surface area contributed by atoms with E-state index in [2.05, 4.69) is 0 Å². The molecule has 3 nitrogen and oxygen atoms in total. The number of halogens is 1. The van der Waals surface area contributed by atoms with Crippen LogP contribution in [0.1, 0.15) is 19.8 Å². The molecule has 0 aliphatic carbocycles. The maximum absolute atomic E-state index is 10.9. The second-order valence-electron chi connectivity index (χ2n) is 3.59. The van der Waals surface area contributed by atoms with Gasteiger partial charge in [-0.05, 0) is 30.7 Å². The van der Waals surface area contributed by atoms with E-state index in [1.54, 1.807) is 24.3 Å². The normalized spacial score (nSPS) is 12.1. The number of ether oxygens (including phenoxy) is 1. The first-order valence-corrected chi connectivity index (χ1v) is 5.62. The lowest BCUT2D eigenvalue weighted by Crippen LogP contribution is -2.21. The summed E-state index contributed by atoms with van der Waals surface area (Å²) in [6.45, 7) is 2.16. The fraction of sp³-hybridized carbons (Fsp3) is 0.417. The Morgan fingerprint density at radius 3 is 2.56 bits per heavy atom. The maximum atomic E-state index is 10.9. The highest BCUT2D eigenvalue weighted by molar-refractivity contribution is 6.30. The fourth-order valence-corrected chi connectivity index (χ4v) is 1.48. The van der Waals surface area contributed by atoms with Crippen molar-refractivity contribution in [1.29, 1.82) is 0 Å². The second-order valence-corrected chi connectivity index (χ2v) is 4.03. The van der Waals surface area contributed by atoms with Crippen molar-refractivity contribution in [3.63, 3.8) is 0 Å². The van der Waals surface area contributed by atoms with Gasteiger partial charge in [-0.1, -0.05) is 24.9 Å². The average Bonchev–Trinajstić information content (AvgIpc) is 2.26. The second kappa shape index (κ2) is 6.38. The number of benzene rings is 1. The number of carbonyl (C=O) groups is 1. The van der Waals surface area contributed by atoms with Crippen molar-refractivity contribution in [1.82, 2.24) is 0 Å². The minimum absolute atomic E-state index is 0.199. The Balaban J connectivity index is 2.48. The lowest BCUT2D eigenvalue weighted by atomic mass is 10.1. The molecule has 88 valence electrons. The van der Waals surface area contributed by atoms with E-state index in [9.17, 15) is 4.79 Å². The summed E-state index contributed by atoms with van der Waals surface area (Å²) in [6, 6.07) is 6.89. The van der Waals surface area contributed by atoms with Crippen LogP contribution in [0, 0.1) is 5.92 Å². The number of carboxylic acid groups (broad SMARTS) is 1. The molecule has 1 unspecified atom stereocenters. The number of hydrogen-bond donors (Lipinski definition) is 1. The first kappa shape index (κ1) is 12.8. The lowest BCUT2D eigenvalue weighted by molar-refractivity contribution is -0.143. The molecule has 0 aliphatic rings.